The zero-order valence-electron chi connectivity index (χ0n) is 22.9. The minimum absolute atomic E-state index is 0.00556. The van der Waals surface area contributed by atoms with Crippen LogP contribution in [0.1, 0.15) is 46.9 Å². The van der Waals surface area contributed by atoms with Crippen LogP contribution in [0.25, 0.3) is 11.3 Å². The van der Waals surface area contributed by atoms with Crippen LogP contribution in [0, 0.1) is 38.2 Å². The first-order valence-corrected chi connectivity index (χ1v) is 15.0. The van der Waals surface area contributed by atoms with Crippen molar-refractivity contribution in [3.8, 4) is 11.3 Å². The average molecular weight is 598 g/mol. The summed E-state index contributed by atoms with van der Waals surface area (Å²) in [7, 11) is -1.49. The van der Waals surface area contributed by atoms with E-state index in [4.69, 9.17) is 9.72 Å². The molecule has 3 aromatic rings. The molecular formula is C27H34F3N5O5S. The number of thiol groups is 1. The Kier molecular flexibility index (Phi) is 8.43. The van der Waals surface area contributed by atoms with E-state index in [9.17, 15) is 33.6 Å². The van der Waals surface area contributed by atoms with Crippen molar-refractivity contribution in [1.29, 1.82) is 0 Å². The van der Waals surface area contributed by atoms with E-state index in [0.29, 0.717) is 43.1 Å². The number of aromatic nitrogens is 5. The summed E-state index contributed by atoms with van der Waals surface area (Å²) < 4.78 is 47.8. The van der Waals surface area contributed by atoms with E-state index >= 15 is 0 Å². The fraction of sp³-hybridized carbons (Fsp3) is 0.556. The molecule has 0 amide bonds. The lowest BCUT2D eigenvalue weighted by atomic mass is 9.88. The van der Waals surface area contributed by atoms with Gasteiger partial charge < -0.3 is 25.2 Å². The topological polar surface area (TPSA) is 147 Å². The maximum Gasteiger partial charge on any atom is 0.194 e. The summed E-state index contributed by atoms with van der Waals surface area (Å²) in [5.74, 6) is -4.26. The standard InChI is InChI=1S/C27H34F3N5O5S/c1-13-14(2)32-23(15(3)31-13)26(27(39)4-6-40-7-5-27)41-12-20(37)24(25(38)21(41)11-36)35-10-19(33-34-35)16-8-17(28)22(30)18(29)9-16/h8-10,20-21,24-26,36-39,41H,4-7,11-12H2,1-3H3/t20-,21+,24-,25-,26?/m0/s1. The molecule has 0 spiro atoms. The molecular weight excluding hydrogens is 563 g/mol. The normalized spacial score (nSPS) is 28.0. The number of benzene rings is 1. The van der Waals surface area contributed by atoms with Gasteiger partial charge in [0.2, 0.25) is 0 Å². The summed E-state index contributed by atoms with van der Waals surface area (Å²) in [6.07, 6.45) is -0.573. The zero-order valence-corrected chi connectivity index (χ0v) is 23.8. The van der Waals surface area contributed by atoms with Gasteiger partial charge in [0.15, 0.2) is 17.5 Å². The van der Waals surface area contributed by atoms with Crippen LogP contribution in [0.3, 0.4) is 0 Å². The van der Waals surface area contributed by atoms with Gasteiger partial charge in [-0.25, -0.2) is 28.7 Å². The van der Waals surface area contributed by atoms with Crippen molar-refractivity contribution in [2.45, 2.75) is 68.0 Å². The van der Waals surface area contributed by atoms with Crippen LogP contribution in [-0.4, -0.2) is 94.0 Å². The van der Waals surface area contributed by atoms with E-state index in [1.807, 2.05) is 20.8 Å². The van der Waals surface area contributed by atoms with Crippen LogP contribution in [0.15, 0.2) is 18.3 Å². The molecule has 10 nitrogen and oxygen atoms in total. The van der Waals surface area contributed by atoms with Crippen molar-refractivity contribution >= 4 is 10.9 Å². The van der Waals surface area contributed by atoms with Crippen molar-refractivity contribution in [2.24, 2.45) is 0 Å². The third-order valence-electron chi connectivity index (χ3n) is 8.22. The molecule has 2 fully saturated rings. The maximum atomic E-state index is 13.8. The van der Waals surface area contributed by atoms with Gasteiger partial charge in [-0.05, 0) is 32.9 Å². The first-order valence-electron chi connectivity index (χ1n) is 13.4. The number of ether oxygens (including phenoxy) is 1. The molecule has 2 aliphatic rings. The minimum atomic E-state index is -1.61. The van der Waals surface area contributed by atoms with Crippen molar-refractivity contribution in [2.75, 3.05) is 25.6 Å². The van der Waals surface area contributed by atoms with Crippen molar-refractivity contribution in [3.63, 3.8) is 0 Å². The highest BCUT2D eigenvalue weighted by molar-refractivity contribution is 8.18. The highest BCUT2D eigenvalue weighted by atomic mass is 32.2. The molecule has 2 aromatic heterocycles. The molecule has 2 unspecified atom stereocenters. The van der Waals surface area contributed by atoms with Gasteiger partial charge in [-0.3, -0.25) is 9.97 Å². The lowest BCUT2D eigenvalue weighted by molar-refractivity contribution is -0.0665. The van der Waals surface area contributed by atoms with Gasteiger partial charge in [0.25, 0.3) is 0 Å². The van der Waals surface area contributed by atoms with Crippen LogP contribution in [0.5, 0.6) is 0 Å². The largest absolute Gasteiger partial charge is 0.395 e. The molecule has 0 bridgehead atoms. The molecule has 6 atom stereocenters. The predicted molar refractivity (Wildman–Crippen MR) is 145 cm³/mol. The van der Waals surface area contributed by atoms with E-state index in [2.05, 4.69) is 15.3 Å². The maximum absolute atomic E-state index is 13.8. The van der Waals surface area contributed by atoms with Crippen LogP contribution in [0.4, 0.5) is 13.2 Å². The van der Waals surface area contributed by atoms with Crippen molar-refractivity contribution in [3.05, 3.63) is 58.6 Å². The summed E-state index contributed by atoms with van der Waals surface area (Å²) in [6.45, 7) is 5.71. The van der Waals surface area contributed by atoms with E-state index in [1.165, 1.54) is 10.9 Å². The molecule has 41 heavy (non-hydrogen) atoms. The molecule has 4 heterocycles. The van der Waals surface area contributed by atoms with E-state index in [-0.39, 0.29) is 17.0 Å². The molecule has 0 saturated carbocycles. The fourth-order valence-corrected chi connectivity index (χ4v) is 9.65. The third-order valence-corrected chi connectivity index (χ3v) is 11.7. The van der Waals surface area contributed by atoms with E-state index in [0.717, 1.165) is 17.8 Å². The lowest BCUT2D eigenvalue weighted by Crippen LogP contribution is -2.53. The summed E-state index contributed by atoms with van der Waals surface area (Å²) in [4.78, 5) is 9.45. The highest BCUT2D eigenvalue weighted by Gasteiger charge is 2.52. The number of hydrogen-bond donors (Lipinski definition) is 5. The fourth-order valence-electron chi connectivity index (χ4n) is 5.92. The van der Waals surface area contributed by atoms with Gasteiger partial charge in [-0.1, -0.05) is 5.21 Å². The number of aliphatic hydroxyl groups is 4. The minimum Gasteiger partial charge on any atom is -0.395 e. The summed E-state index contributed by atoms with van der Waals surface area (Å²) in [6, 6.07) is 0.504. The first-order chi connectivity index (χ1) is 19.4. The predicted octanol–water partition coefficient (Wildman–Crippen LogP) is 2.00. The van der Waals surface area contributed by atoms with E-state index < -0.39 is 69.3 Å². The van der Waals surface area contributed by atoms with Crippen molar-refractivity contribution in [1.82, 2.24) is 25.0 Å². The van der Waals surface area contributed by atoms with Crippen LogP contribution >= 0.6 is 10.9 Å². The Bertz CT molecular complexity index is 1400. The molecule has 5 rings (SSSR count). The van der Waals surface area contributed by atoms with Gasteiger partial charge in [0.1, 0.15) is 11.7 Å². The SMILES string of the molecule is Cc1nc(C)c(C([SH]2C[C@H](O)[C@H](n3cc(-c4cc(F)c(F)c(F)c4)nn3)[C@@H](O)[C@H]2CO)C2(O)CCOCC2)nc1C. The average Bonchev–Trinajstić information content (AvgIpc) is 3.40. The number of nitrogens with zero attached hydrogens (tertiary/aromatic N) is 5. The Hall–Kier alpha value is -2.62. The molecule has 0 aliphatic carbocycles. The Morgan fingerprint density at radius 2 is 1.68 bits per heavy atom. The molecule has 224 valence electrons. The molecule has 1 aromatic carbocycles. The lowest BCUT2D eigenvalue weighted by Gasteiger charge is -2.52. The summed E-state index contributed by atoms with van der Waals surface area (Å²) in [5, 5.41) is 52.0. The number of rotatable bonds is 6. The number of hydrogen-bond acceptors (Lipinski definition) is 9. The molecule has 4 N–H and O–H groups in total. The Labute approximate surface area is 237 Å². The van der Waals surface area contributed by atoms with Gasteiger partial charge in [-0.2, -0.15) is 0 Å². The number of aliphatic hydroxyl groups excluding tert-OH is 3. The summed E-state index contributed by atoms with van der Waals surface area (Å²) in [5.41, 5.74) is 1.32. The number of aryl methyl sites for hydroxylation is 3. The molecule has 2 saturated heterocycles. The highest BCUT2D eigenvalue weighted by Crippen LogP contribution is 2.59. The van der Waals surface area contributed by atoms with Gasteiger partial charge in [-0.15, -0.1) is 5.10 Å². The summed E-state index contributed by atoms with van der Waals surface area (Å²) >= 11 is 0. The second-order valence-electron chi connectivity index (χ2n) is 10.8. The van der Waals surface area contributed by atoms with Gasteiger partial charge in [0, 0.05) is 42.6 Å². The molecule has 0 radical (unpaired) electrons. The van der Waals surface area contributed by atoms with Crippen LogP contribution < -0.4 is 0 Å². The second-order valence-corrected chi connectivity index (χ2v) is 13.4. The second kappa shape index (κ2) is 11.6. The Morgan fingerprint density at radius 1 is 1.05 bits per heavy atom. The first kappa shape index (κ1) is 29.9. The van der Waals surface area contributed by atoms with Gasteiger partial charge in [0.05, 0.1) is 58.6 Å². The number of halogens is 3. The smallest absolute Gasteiger partial charge is 0.194 e. The molecule has 2 aliphatic heterocycles. The Balaban J connectivity index is 1.52. The third kappa shape index (κ3) is 5.48. The van der Waals surface area contributed by atoms with E-state index in [1.54, 1.807) is 0 Å². The molecule has 14 heteroatoms. The van der Waals surface area contributed by atoms with Crippen LogP contribution in [0.2, 0.25) is 0 Å². The van der Waals surface area contributed by atoms with Crippen molar-refractivity contribution < 1.29 is 38.3 Å². The van der Waals surface area contributed by atoms with Crippen LogP contribution in [-0.2, 0) is 4.74 Å². The van der Waals surface area contributed by atoms with Gasteiger partial charge >= 0.3 is 0 Å². The zero-order chi connectivity index (χ0) is 29.6. The quantitative estimate of drug-likeness (QED) is 0.213. The monoisotopic (exact) mass is 597 g/mol. The Morgan fingerprint density at radius 3 is 2.32 bits per heavy atom.